The van der Waals surface area contributed by atoms with Gasteiger partial charge in [0.25, 0.3) is 5.91 Å². The first-order chi connectivity index (χ1) is 9.58. The molecule has 0 aromatic carbocycles. The minimum atomic E-state index is -0.306. The Bertz CT molecular complexity index is 684. The monoisotopic (exact) mass is 293 g/mol. The molecule has 0 aliphatic carbocycles. The zero-order chi connectivity index (χ0) is 14.3. The first kappa shape index (κ1) is 13.0. The molecule has 0 spiro atoms. The van der Waals surface area contributed by atoms with Gasteiger partial charge in [0.15, 0.2) is 5.82 Å². The summed E-state index contributed by atoms with van der Waals surface area (Å²) in [6.45, 7) is 2.21. The average molecular weight is 294 g/mol. The Balaban J connectivity index is 2.06. The number of fused-ring (bicyclic) bond motifs is 1. The highest BCUT2D eigenvalue weighted by Crippen LogP contribution is 2.22. The lowest BCUT2D eigenvalue weighted by Crippen LogP contribution is -2.46. The fourth-order valence-electron chi connectivity index (χ4n) is 2.17. The zero-order valence-corrected chi connectivity index (χ0v) is 11.4. The number of aryl methyl sites for hydroxylation is 1. The number of hydrogen-bond acceptors (Lipinski definition) is 5. The van der Waals surface area contributed by atoms with E-state index in [1.807, 2.05) is 6.92 Å². The zero-order valence-electron chi connectivity index (χ0n) is 10.7. The molecule has 0 unspecified atom stereocenters. The molecule has 1 atom stereocenters. The second-order valence-corrected chi connectivity index (χ2v) is 4.96. The van der Waals surface area contributed by atoms with Crippen molar-refractivity contribution >= 4 is 17.5 Å². The highest BCUT2D eigenvalue weighted by atomic mass is 35.5. The first-order valence-corrected chi connectivity index (χ1v) is 6.44. The summed E-state index contributed by atoms with van der Waals surface area (Å²) < 4.78 is 1.71. The van der Waals surface area contributed by atoms with Crippen molar-refractivity contribution in [2.75, 3.05) is 6.61 Å². The topological polar surface area (TPSA) is 92.9 Å². The number of carbonyl (C=O) groups is 1. The molecule has 0 bridgehead atoms. The van der Waals surface area contributed by atoms with Crippen molar-refractivity contribution < 1.29 is 9.90 Å². The molecule has 1 aliphatic rings. The Morgan fingerprint density at radius 3 is 3.10 bits per heavy atom. The Morgan fingerprint density at radius 2 is 2.35 bits per heavy atom. The van der Waals surface area contributed by atoms with E-state index in [4.69, 9.17) is 16.7 Å². The molecule has 104 valence electrons. The minimum absolute atomic E-state index is 0.114. The second kappa shape index (κ2) is 4.84. The lowest BCUT2D eigenvalue weighted by atomic mass is 10.2. The first-order valence-electron chi connectivity index (χ1n) is 6.07. The number of aliphatic hydroxyl groups is 1. The maximum absolute atomic E-state index is 11.9. The highest BCUT2D eigenvalue weighted by molar-refractivity contribution is 6.28. The van der Waals surface area contributed by atoms with Gasteiger partial charge in [-0.05, 0) is 24.1 Å². The van der Waals surface area contributed by atoms with Gasteiger partial charge in [-0.1, -0.05) is 0 Å². The number of nitrogens with one attached hydrogen (secondary N) is 1. The number of halogens is 1. The number of nitrogens with zero attached hydrogens (tertiary/aromatic N) is 4. The van der Waals surface area contributed by atoms with Crippen LogP contribution in [0.1, 0.15) is 16.2 Å². The van der Waals surface area contributed by atoms with Crippen molar-refractivity contribution in [3.63, 3.8) is 0 Å². The Kier molecular flexibility index (Phi) is 3.15. The van der Waals surface area contributed by atoms with Crippen LogP contribution in [0.2, 0.25) is 5.28 Å². The van der Waals surface area contributed by atoms with E-state index in [-0.39, 0.29) is 23.8 Å². The molecule has 2 N–H and O–H groups in total. The van der Waals surface area contributed by atoms with Crippen molar-refractivity contribution in [1.82, 2.24) is 24.8 Å². The Morgan fingerprint density at radius 1 is 1.55 bits per heavy atom. The van der Waals surface area contributed by atoms with Gasteiger partial charge in [0, 0.05) is 18.9 Å². The molecule has 7 nitrogen and oxygen atoms in total. The van der Waals surface area contributed by atoms with Gasteiger partial charge in [-0.2, -0.15) is 0 Å². The van der Waals surface area contributed by atoms with Gasteiger partial charge in [-0.25, -0.2) is 15.0 Å². The molecule has 3 rings (SSSR count). The fourth-order valence-corrected chi connectivity index (χ4v) is 2.30. The standard InChI is InChI=1S/C12H12ClN5O2/c1-6-2-14-12(13)17-9(6)8-4-18-3-7(5-19)15-11(20)10(18)16-8/h2,4,7,19H,3,5H2,1H3,(H,15,20)/t7-/m1/s1. The van der Waals surface area contributed by atoms with Gasteiger partial charge in [-0.3, -0.25) is 4.79 Å². The quantitative estimate of drug-likeness (QED) is 0.782. The summed E-state index contributed by atoms with van der Waals surface area (Å²) in [6.07, 6.45) is 3.35. The minimum Gasteiger partial charge on any atom is -0.394 e. The summed E-state index contributed by atoms with van der Waals surface area (Å²) in [7, 11) is 0. The highest BCUT2D eigenvalue weighted by Gasteiger charge is 2.26. The lowest BCUT2D eigenvalue weighted by Gasteiger charge is -2.22. The van der Waals surface area contributed by atoms with Crippen molar-refractivity contribution in [1.29, 1.82) is 0 Å². The van der Waals surface area contributed by atoms with Crippen LogP contribution in [0.15, 0.2) is 12.4 Å². The Labute approximate surface area is 119 Å². The number of rotatable bonds is 2. The van der Waals surface area contributed by atoms with E-state index in [9.17, 15) is 4.79 Å². The van der Waals surface area contributed by atoms with Gasteiger partial charge in [-0.15, -0.1) is 0 Å². The van der Waals surface area contributed by atoms with E-state index in [0.717, 1.165) is 5.56 Å². The second-order valence-electron chi connectivity index (χ2n) is 4.63. The van der Waals surface area contributed by atoms with Gasteiger partial charge in [0.05, 0.1) is 18.3 Å². The van der Waals surface area contributed by atoms with Crippen LogP contribution >= 0.6 is 11.6 Å². The van der Waals surface area contributed by atoms with Crippen LogP contribution in [0.3, 0.4) is 0 Å². The molecular weight excluding hydrogens is 282 g/mol. The summed E-state index contributed by atoms with van der Waals surface area (Å²) in [4.78, 5) is 24.2. The molecule has 0 fully saturated rings. The van der Waals surface area contributed by atoms with Crippen LogP contribution in [0.25, 0.3) is 11.4 Å². The van der Waals surface area contributed by atoms with E-state index in [1.54, 1.807) is 17.0 Å². The number of aromatic nitrogens is 4. The summed E-state index contributed by atoms with van der Waals surface area (Å²) >= 11 is 5.80. The van der Waals surface area contributed by atoms with Crippen molar-refractivity contribution in [2.24, 2.45) is 0 Å². The number of hydrogen-bond donors (Lipinski definition) is 2. The molecule has 1 aliphatic heterocycles. The summed E-state index contributed by atoms with van der Waals surface area (Å²) in [5.41, 5.74) is 1.99. The normalized spacial score (nSPS) is 17.8. The summed E-state index contributed by atoms with van der Waals surface area (Å²) in [5.74, 6) is -0.00168. The van der Waals surface area contributed by atoms with E-state index in [1.165, 1.54) is 0 Å². The van der Waals surface area contributed by atoms with E-state index < -0.39 is 0 Å². The van der Waals surface area contributed by atoms with Crippen LogP contribution in [-0.4, -0.2) is 43.2 Å². The van der Waals surface area contributed by atoms with Gasteiger partial charge < -0.3 is 15.0 Å². The largest absolute Gasteiger partial charge is 0.394 e. The third-order valence-corrected chi connectivity index (χ3v) is 3.32. The van der Waals surface area contributed by atoms with Crippen LogP contribution in [0.4, 0.5) is 0 Å². The molecule has 1 amide bonds. The molecule has 20 heavy (non-hydrogen) atoms. The van der Waals surface area contributed by atoms with Crippen molar-refractivity contribution in [2.45, 2.75) is 19.5 Å². The molecule has 0 saturated carbocycles. The molecule has 2 aromatic rings. The number of carbonyl (C=O) groups excluding carboxylic acids is 1. The van der Waals surface area contributed by atoms with Gasteiger partial charge >= 0.3 is 0 Å². The molecule has 0 radical (unpaired) electrons. The predicted molar refractivity (Wildman–Crippen MR) is 71.3 cm³/mol. The third-order valence-electron chi connectivity index (χ3n) is 3.14. The number of imidazole rings is 1. The molecular formula is C12H12ClN5O2. The maximum atomic E-state index is 11.9. The van der Waals surface area contributed by atoms with Crippen LogP contribution < -0.4 is 5.32 Å². The van der Waals surface area contributed by atoms with E-state index in [0.29, 0.717) is 23.8 Å². The van der Waals surface area contributed by atoms with Crippen LogP contribution in [-0.2, 0) is 6.54 Å². The number of amides is 1. The van der Waals surface area contributed by atoms with Crippen LogP contribution in [0, 0.1) is 6.92 Å². The van der Waals surface area contributed by atoms with E-state index in [2.05, 4.69) is 20.3 Å². The maximum Gasteiger partial charge on any atom is 0.287 e. The molecule has 2 aromatic heterocycles. The van der Waals surface area contributed by atoms with Crippen LogP contribution in [0.5, 0.6) is 0 Å². The molecule has 8 heteroatoms. The SMILES string of the molecule is Cc1cnc(Cl)nc1-c1cn2c(n1)C(=O)N[C@@H](CO)C2. The fraction of sp³-hybridized carbons (Fsp3) is 0.333. The molecule has 0 saturated heterocycles. The van der Waals surface area contributed by atoms with Crippen molar-refractivity contribution in [3.05, 3.63) is 29.1 Å². The lowest BCUT2D eigenvalue weighted by molar-refractivity contribution is 0.0863. The van der Waals surface area contributed by atoms with Gasteiger partial charge in [0.1, 0.15) is 5.69 Å². The van der Waals surface area contributed by atoms with Crippen molar-refractivity contribution in [3.8, 4) is 11.4 Å². The summed E-state index contributed by atoms with van der Waals surface area (Å²) in [5, 5.41) is 12.0. The van der Waals surface area contributed by atoms with Gasteiger partial charge in [0.2, 0.25) is 5.28 Å². The predicted octanol–water partition coefficient (Wildman–Crippen LogP) is 0.406. The Hall–Kier alpha value is -1.99. The van der Waals surface area contributed by atoms with E-state index >= 15 is 0 Å². The number of aliphatic hydroxyl groups excluding tert-OH is 1. The molecule has 3 heterocycles. The smallest absolute Gasteiger partial charge is 0.287 e. The summed E-state index contributed by atoms with van der Waals surface area (Å²) in [6, 6.07) is -0.299. The third kappa shape index (κ3) is 2.14. The average Bonchev–Trinajstić information content (AvgIpc) is 2.85.